The summed E-state index contributed by atoms with van der Waals surface area (Å²) in [5.74, 6) is 0.872. The maximum Gasteiger partial charge on any atom is 0.226 e. The second kappa shape index (κ2) is 12.0. The fourth-order valence-electron chi connectivity index (χ4n) is 4.35. The second-order valence-corrected chi connectivity index (χ2v) is 9.45. The number of likely N-dealkylation sites (N-methyl/N-ethyl adjacent to an activating group) is 1. The van der Waals surface area contributed by atoms with E-state index in [9.17, 15) is 4.79 Å². The number of pyridine rings is 1. The monoisotopic (exact) mass is 472 g/mol. The summed E-state index contributed by atoms with van der Waals surface area (Å²) < 4.78 is 6.02. The van der Waals surface area contributed by atoms with Gasteiger partial charge in [-0.15, -0.1) is 0 Å². The number of aryl methyl sites for hydroxylation is 2. The van der Waals surface area contributed by atoms with Crippen molar-refractivity contribution in [1.29, 1.82) is 0 Å². The summed E-state index contributed by atoms with van der Waals surface area (Å²) >= 11 is 0. The molecule has 3 aromatic rings. The minimum atomic E-state index is -0.0268. The number of nitrogens with zero attached hydrogens (tertiary/aromatic N) is 3. The van der Waals surface area contributed by atoms with Gasteiger partial charge in [-0.25, -0.2) is 0 Å². The van der Waals surface area contributed by atoms with Gasteiger partial charge in [0.15, 0.2) is 0 Å². The smallest absolute Gasteiger partial charge is 0.226 e. The van der Waals surface area contributed by atoms with Gasteiger partial charge in [0.1, 0.15) is 12.4 Å². The van der Waals surface area contributed by atoms with Crippen LogP contribution in [0.4, 0.5) is 0 Å². The molecule has 35 heavy (non-hydrogen) atoms. The molecule has 1 N–H and O–H groups in total. The van der Waals surface area contributed by atoms with Gasteiger partial charge >= 0.3 is 0 Å². The normalized spacial score (nSPS) is 14.6. The number of hydrogen-bond donors (Lipinski definition) is 1. The van der Waals surface area contributed by atoms with Crippen LogP contribution in [0.3, 0.4) is 0 Å². The van der Waals surface area contributed by atoms with E-state index in [1.807, 2.05) is 36.5 Å². The molecule has 6 nitrogen and oxygen atoms in total. The van der Waals surface area contributed by atoms with Crippen molar-refractivity contribution in [3.63, 3.8) is 0 Å². The highest BCUT2D eigenvalue weighted by Crippen LogP contribution is 2.26. The summed E-state index contributed by atoms with van der Waals surface area (Å²) in [6.07, 6.45) is 2.12. The van der Waals surface area contributed by atoms with Gasteiger partial charge in [-0.1, -0.05) is 42.0 Å². The van der Waals surface area contributed by atoms with Crippen LogP contribution in [-0.2, 0) is 17.8 Å². The van der Waals surface area contributed by atoms with Crippen molar-refractivity contribution in [2.75, 3.05) is 46.4 Å². The molecule has 1 aromatic heterocycles. The van der Waals surface area contributed by atoms with E-state index in [4.69, 9.17) is 4.74 Å². The minimum absolute atomic E-state index is 0.0268. The van der Waals surface area contributed by atoms with Crippen molar-refractivity contribution < 1.29 is 9.53 Å². The van der Waals surface area contributed by atoms with E-state index in [0.717, 1.165) is 66.4 Å². The number of nitrogens with one attached hydrogen (secondary N) is 1. The van der Waals surface area contributed by atoms with Gasteiger partial charge in [-0.05, 0) is 55.8 Å². The van der Waals surface area contributed by atoms with Crippen LogP contribution in [0.1, 0.15) is 22.4 Å². The van der Waals surface area contributed by atoms with Crippen molar-refractivity contribution in [3.8, 4) is 16.9 Å². The standard InChI is InChI=1S/C29H36N4O2/c1-22-5-4-6-24(17-22)20-31-29(34)19-26-8-7-25(21-30-26)28-10-9-27(18-23(28)2)35-16-15-33-13-11-32(3)12-14-33/h4-10,17-18,21H,11-16,19-20H2,1-3H3,(H,31,34). The first-order valence-electron chi connectivity index (χ1n) is 12.4. The van der Waals surface area contributed by atoms with Crippen LogP contribution in [0.2, 0.25) is 0 Å². The molecule has 0 aliphatic carbocycles. The summed E-state index contributed by atoms with van der Waals surface area (Å²) in [5.41, 5.74) is 6.36. The van der Waals surface area contributed by atoms with Gasteiger partial charge in [-0.3, -0.25) is 14.7 Å². The van der Waals surface area contributed by atoms with Crippen molar-refractivity contribution in [1.82, 2.24) is 20.1 Å². The lowest BCUT2D eigenvalue weighted by Gasteiger charge is -2.32. The van der Waals surface area contributed by atoms with Crippen LogP contribution in [-0.4, -0.2) is 67.1 Å². The zero-order valence-electron chi connectivity index (χ0n) is 21.1. The Kier molecular flexibility index (Phi) is 8.50. The molecule has 1 aliphatic rings. The molecule has 0 spiro atoms. The van der Waals surface area contributed by atoms with Gasteiger partial charge in [0.05, 0.1) is 6.42 Å². The molecule has 1 aliphatic heterocycles. The molecule has 184 valence electrons. The summed E-state index contributed by atoms with van der Waals surface area (Å²) in [6, 6.07) is 18.3. The average Bonchev–Trinajstić information content (AvgIpc) is 2.85. The Morgan fingerprint density at radius 3 is 2.57 bits per heavy atom. The minimum Gasteiger partial charge on any atom is -0.492 e. The molecule has 0 radical (unpaired) electrons. The van der Waals surface area contributed by atoms with E-state index >= 15 is 0 Å². The highest BCUT2D eigenvalue weighted by molar-refractivity contribution is 5.78. The maximum absolute atomic E-state index is 12.3. The van der Waals surface area contributed by atoms with Crippen molar-refractivity contribution >= 4 is 5.91 Å². The molecule has 1 fully saturated rings. The zero-order valence-corrected chi connectivity index (χ0v) is 21.1. The lowest BCUT2D eigenvalue weighted by Crippen LogP contribution is -2.45. The first-order chi connectivity index (χ1) is 17.0. The molecular weight excluding hydrogens is 436 g/mol. The zero-order chi connectivity index (χ0) is 24.6. The number of amides is 1. The lowest BCUT2D eigenvalue weighted by atomic mass is 10.0. The topological polar surface area (TPSA) is 57.7 Å². The Morgan fingerprint density at radius 2 is 1.86 bits per heavy atom. The molecule has 6 heteroatoms. The Bertz CT molecular complexity index is 1120. The second-order valence-electron chi connectivity index (χ2n) is 9.45. The number of piperazine rings is 1. The molecule has 0 atom stereocenters. The van der Waals surface area contributed by atoms with Gasteiger partial charge in [0, 0.05) is 56.7 Å². The van der Waals surface area contributed by atoms with E-state index in [1.165, 1.54) is 5.56 Å². The Morgan fingerprint density at radius 1 is 1.03 bits per heavy atom. The van der Waals surface area contributed by atoms with Crippen LogP contribution < -0.4 is 10.1 Å². The molecule has 4 rings (SSSR count). The van der Waals surface area contributed by atoms with Crippen molar-refractivity contribution in [2.24, 2.45) is 0 Å². The van der Waals surface area contributed by atoms with Gasteiger partial charge in [-0.2, -0.15) is 0 Å². The predicted molar refractivity (Wildman–Crippen MR) is 141 cm³/mol. The third-order valence-electron chi connectivity index (χ3n) is 6.52. The lowest BCUT2D eigenvalue weighted by molar-refractivity contribution is -0.120. The predicted octanol–water partition coefficient (Wildman–Crippen LogP) is 3.85. The molecule has 1 saturated heterocycles. The Balaban J connectivity index is 1.26. The van der Waals surface area contributed by atoms with E-state index in [1.54, 1.807) is 0 Å². The molecule has 2 aromatic carbocycles. The van der Waals surface area contributed by atoms with Gasteiger partial charge in [0.25, 0.3) is 0 Å². The van der Waals surface area contributed by atoms with Crippen LogP contribution >= 0.6 is 0 Å². The number of carbonyl (C=O) groups is 1. The van der Waals surface area contributed by atoms with E-state index in [2.05, 4.69) is 65.3 Å². The molecular formula is C29H36N4O2. The average molecular weight is 473 g/mol. The SMILES string of the molecule is Cc1cccc(CNC(=O)Cc2ccc(-c3ccc(OCCN4CCN(C)CC4)cc3C)cn2)c1. The summed E-state index contributed by atoms with van der Waals surface area (Å²) in [7, 11) is 2.17. The summed E-state index contributed by atoms with van der Waals surface area (Å²) in [4.78, 5) is 21.7. The van der Waals surface area contributed by atoms with E-state index < -0.39 is 0 Å². The van der Waals surface area contributed by atoms with Crippen molar-refractivity contribution in [3.05, 3.63) is 83.2 Å². The van der Waals surface area contributed by atoms with E-state index in [-0.39, 0.29) is 12.3 Å². The van der Waals surface area contributed by atoms with Crippen LogP contribution in [0, 0.1) is 13.8 Å². The summed E-state index contributed by atoms with van der Waals surface area (Å²) in [6.45, 7) is 10.8. The quantitative estimate of drug-likeness (QED) is 0.513. The molecule has 2 heterocycles. The third kappa shape index (κ3) is 7.38. The molecule has 0 unspecified atom stereocenters. The molecule has 0 bridgehead atoms. The highest BCUT2D eigenvalue weighted by Gasteiger charge is 2.13. The maximum atomic E-state index is 12.3. The fraction of sp³-hybridized carbons (Fsp3) is 0.379. The first kappa shape index (κ1) is 24.9. The Labute approximate surface area is 208 Å². The molecule has 0 saturated carbocycles. The van der Waals surface area contributed by atoms with E-state index in [0.29, 0.717) is 13.2 Å². The van der Waals surface area contributed by atoms with Crippen molar-refractivity contribution in [2.45, 2.75) is 26.8 Å². The van der Waals surface area contributed by atoms with Crippen LogP contribution in [0.15, 0.2) is 60.8 Å². The van der Waals surface area contributed by atoms with Gasteiger partial charge < -0.3 is 15.0 Å². The third-order valence-corrected chi connectivity index (χ3v) is 6.52. The Hall–Kier alpha value is -3.22. The summed E-state index contributed by atoms with van der Waals surface area (Å²) in [5, 5.41) is 2.98. The van der Waals surface area contributed by atoms with Gasteiger partial charge in [0.2, 0.25) is 5.91 Å². The molecule has 1 amide bonds. The number of ether oxygens (including phenoxy) is 1. The number of rotatable bonds is 9. The number of carbonyl (C=O) groups excluding carboxylic acids is 1. The number of hydrogen-bond acceptors (Lipinski definition) is 5. The largest absolute Gasteiger partial charge is 0.492 e. The number of aromatic nitrogens is 1. The number of benzene rings is 2. The first-order valence-corrected chi connectivity index (χ1v) is 12.4. The van der Waals surface area contributed by atoms with Crippen LogP contribution in [0.25, 0.3) is 11.1 Å². The highest BCUT2D eigenvalue weighted by atomic mass is 16.5. The fourth-order valence-corrected chi connectivity index (χ4v) is 4.35. The van der Waals surface area contributed by atoms with Crippen LogP contribution in [0.5, 0.6) is 5.75 Å².